The Labute approximate surface area is 159 Å². The number of nitrogens with one attached hydrogen (secondary N) is 2. The maximum absolute atomic E-state index is 12.2. The molecule has 1 atom stereocenters. The second kappa shape index (κ2) is 9.73. The zero-order chi connectivity index (χ0) is 16.8. The second-order valence-electron chi connectivity index (χ2n) is 5.82. The zero-order valence-electron chi connectivity index (χ0n) is 13.8. The van der Waals surface area contributed by atoms with Crippen LogP contribution in [0.5, 0.6) is 0 Å². The van der Waals surface area contributed by atoms with Crippen LogP contribution in [0.4, 0.5) is 5.69 Å². The van der Waals surface area contributed by atoms with Crippen LogP contribution in [-0.4, -0.2) is 42.0 Å². The van der Waals surface area contributed by atoms with Gasteiger partial charge in [0.15, 0.2) is 0 Å². The fraction of sp³-hybridized carbons (Fsp3) is 0.333. The molecule has 1 aromatic carbocycles. The number of anilines is 1. The molecule has 3 rings (SSSR count). The molecule has 2 heterocycles. The van der Waals surface area contributed by atoms with Crippen LogP contribution in [0.15, 0.2) is 48.8 Å². The van der Waals surface area contributed by atoms with E-state index in [0.717, 1.165) is 35.9 Å². The molecule has 1 unspecified atom stereocenters. The highest BCUT2D eigenvalue weighted by Gasteiger charge is 2.25. The molecule has 0 spiro atoms. The molecule has 1 amide bonds. The standard InChI is InChI=1S/C18H21ClN4O.ClH/c19-16-6-2-1-5-15(16)17-13-21-9-11-23(17)10-7-18(24)22-14-4-3-8-20-12-14;/h1-6,8,12,17,21H,7,9-11,13H2,(H,22,24);1H. The molecule has 25 heavy (non-hydrogen) atoms. The van der Waals surface area contributed by atoms with Crippen LogP contribution < -0.4 is 10.6 Å². The van der Waals surface area contributed by atoms with Crippen molar-refractivity contribution in [2.75, 3.05) is 31.5 Å². The van der Waals surface area contributed by atoms with Crippen LogP contribution >= 0.6 is 24.0 Å². The molecule has 0 saturated carbocycles. The van der Waals surface area contributed by atoms with E-state index in [4.69, 9.17) is 11.6 Å². The van der Waals surface area contributed by atoms with E-state index in [-0.39, 0.29) is 24.4 Å². The molecule has 5 nitrogen and oxygen atoms in total. The van der Waals surface area contributed by atoms with Gasteiger partial charge in [0.05, 0.1) is 11.9 Å². The van der Waals surface area contributed by atoms with Crippen molar-refractivity contribution in [1.82, 2.24) is 15.2 Å². The van der Waals surface area contributed by atoms with Crippen molar-refractivity contribution in [3.8, 4) is 0 Å². The lowest BCUT2D eigenvalue weighted by Gasteiger charge is -2.36. The summed E-state index contributed by atoms with van der Waals surface area (Å²) < 4.78 is 0. The number of carbonyl (C=O) groups is 1. The van der Waals surface area contributed by atoms with Gasteiger partial charge in [-0.15, -0.1) is 12.4 Å². The Balaban J connectivity index is 0.00000225. The van der Waals surface area contributed by atoms with Crippen molar-refractivity contribution in [3.05, 3.63) is 59.4 Å². The summed E-state index contributed by atoms with van der Waals surface area (Å²) in [5.41, 5.74) is 1.84. The van der Waals surface area contributed by atoms with Crippen LogP contribution in [-0.2, 0) is 4.79 Å². The van der Waals surface area contributed by atoms with Crippen molar-refractivity contribution >= 4 is 35.6 Å². The Morgan fingerprint density at radius 1 is 1.32 bits per heavy atom. The first-order valence-corrected chi connectivity index (χ1v) is 8.51. The van der Waals surface area contributed by atoms with Gasteiger partial charge in [-0.25, -0.2) is 0 Å². The average molecular weight is 381 g/mol. The Hall–Kier alpha value is -1.66. The van der Waals surface area contributed by atoms with Crippen molar-refractivity contribution in [3.63, 3.8) is 0 Å². The molecule has 2 N–H and O–H groups in total. The van der Waals surface area contributed by atoms with Crippen molar-refractivity contribution in [1.29, 1.82) is 0 Å². The van der Waals surface area contributed by atoms with Gasteiger partial charge in [-0.2, -0.15) is 0 Å². The topological polar surface area (TPSA) is 57.3 Å². The van der Waals surface area contributed by atoms with E-state index in [1.807, 2.05) is 24.3 Å². The summed E-state index contributed by atoms with van der Waals surface area (Å²) in [6.45, 7) is 3.36. The van der Waals surface area contributed by atoms with Crippen molar-refractivity contribution in [2.45, 2.75) is 12.5 Å². The van der Waals surface area contributed by atoms with Crippen LogP contribution in [0.25, 0.3) is 0 Å². The van der Waals surface area contributed by atoms with Gasteiger partial charge in [0.2, 0.25) is 5.91 Å². The number of piperazine rings is 1. The number of aromatic nitrogens is 1. The lowest BCUT2D eigenvalue weighted by Crippen LogP contribution is -2.46. The third-order valence-corrected chi connectivity index (χ3v) is 4.53. The lowest BCUT2D eigenvalue weighted by atomic mass is 10.0. The number of hydrogen-bond donors (Lipinski definition) is 2. The SMILES string of the molecule is Cl.O=C(CCN1CCNCC1c1ccccc1Cl)Nc1cccnc1. The lowest BCUT2D eigenvalue weighted by molar-refractivity contribution is -0.116. The molecule has 1 fully saturated rings. The minimum Gasteiger partial charge on any atom is -0.325 e. The smallest absolute Gasteiger partial charge is 0.225 e. The molecule has 0 radical (unpaired) electrons. The van der Waals surface area contributed by atoms with Crippen LogP contribution in [0.2, 0.25) is 5.02 Å². The van der Waals surface area contributed by atoms with Gasteiger partial charge >= 0.3 is 0 Å². The first-order valence-electron chi connectivity index (χ1n) is 8.13. The fourth-order valence-electron chi connectivity index (χ4n) is 2.97. The predicted octanol–water partition coefficient (Wildman–Crippen LogP) is 3.13. The van der Waals surface area contributed by atoms with E-state index in [0.29, 0.717) is 13.0 Å². The summed E-state index contributed by atoms with van der Waals surface area (Å²) in [6, 6.07) is 11.7. The number of hydrogen-bond acceptors (Lipinski definition) is 4. The largest absolute Gasteiger partial charge is 0.325 e. The number of benzene rings is 1. The maximum atomic E-state index is 12.2. The molecule has 7 heteroatoms. The Morgan fingerprint density at radius 3 is 2.92 bits per heavy atom. The number of amides is 1. The Kier molecular flexibility index (Phi) is 7.65. The van der Waals surface area contributed by atoms with E-state index in [1.54, 1.807) is 18.5 Å². The number of pyridine rings is 1. The van der Waals surface area contributed by atoms with Gasteiger partial charge < -0.3 is 10.6 Å². The highest BCUT2D eigenvalue weighted by Crippen LogP contribution is 2.28. The van der Waals surface area contributed by atoms with Gasteiger partial charge in [-0.1, -0.05) is 29.8 Å². The monoisotopic (exact) mass is 380 g/mol. The number of rotatable bonds is 5. The average Bonchev–Trinajstić information content (AvgIpc) is 2.62. The zero-order valence-corrected chi connectivity index (χ0v) is 15.4. The van der Waals surface area contributed by atoms with E-state index in [1.165, 1.54) is 0 Å². The molecule has 134 valence electrons. The maximum Gasteiger partial charge on any atom is 0.225 e. The molecule has 2 aromatic rings. The highest BCUT2D eigenvalue weighted by molar-refractivity contribution is 6.31. The third-order valence-electron chi connectivity index (χ3n) is 4.19. The number of halogens is 2. The summed E-state index contributed by atoms with van der Waals surface area (Å²) in [6.07, 6.45) is 3.77. The van der Waals surface area contributed by atoms with Crippen molar-refractivity contribution in [2.24, 2.45) is 0 Å². The fourth-order valence-corrected chi connectivity index (χ4v) is 3.23. The van der Waals surface area contributed by atoms with Crippen LogP contribution in [0.1, 0.15) is 18.0 Å². The number of nitrogens with zero attached hydrogens (tertiary/aromatic N) is 2. The third kappa shape index (κ3) is 5.41. The minimum absolute atomic E-state index is 0. The molecule has 1 saturated heterocycles. The summed E-state index contributed by atoms with van der Waals surface area (Å²) in [5, 5.41) is 7.06. The van der Waals surface area contributed by atoms with E-state index in [9.17, 15) is 4.79 Å². The van der Waals surface area contributed by atoms with Gasteiger partial charge in [0.25, 0.3) is 0 Å². The van der Waals surface area contributed by atoms with Crippen LogP contribution in [0.3, 0.4) is 0 Å². The van der Waals surface area contributed by atoms with E-state index >= 15 is 0 Å². The molecular weight excluding hydrogens is 359 g/mol. The van der Waals surface area contributed by atoms with Gasteiger partial charge in [0, 0.05) is 49.9 Å². The summed E-state index contributed by atoms with van der Waals surface area (Å²) >= 11 is 6.35. The first-order chi connectivity index (χ1) is 11.7. The highest BCUT2D eigenvalue weighted by atomic mass is 35.5. The van der Waals surface area contributed by atoms with E-state index in [2.05, 4.69) is 26.6 Å². The normalized spacial score (nSPS) is 17.6. The van der Waals surface area contributed by atoms with E-state index < -0.39 is 0 Å². The van der Waals surface area contributed by atoms with Gasteiger partial charge in [-0.3, -0.25) is 14.7 Å². The minimum atomic E-state index is -0.000517. The quantitative estimate of drug-likeness (QED) is 0.836. The Bertz CT molecular complexity index is 684. The van der Waals surface area contributed by atoms with Crippen LogP contribution in [0, 0.1) is 0 Å². The van der Waals surface area contributed by atoms with Crippen molar-refractivity contribution < 1.29 is 4.79 Å². The second-order valence-corrected chi connectivity index (χ2v) is 6.22. The molecular formula is C18H22Cl2N4O. The molecule has 1 aromatic heterocycles. The Morgan fingerprint density at radius 2 is 2.16 bits per heavy atom. The summed E-state index contributed by atoms with van der Waals surface area (Å²) in [4.78, 5) is 18.5. The molecule has 0 aliphatic carbocycles. The summed E-state index contributed by atoms with van der Waals surface area (Å²) in [7, 11) is 0. The van der Waals surface area contributed by atoms with Gasteiger partial charge in [0.1, 0.15) is 0 Å². The number of carbonyl (C=O) groups excluding carboxylic acids is 1. The molecule has 1 aliphatic rings. The summed E-state index contributed by atoms with van der Waals surface area (Å²) in [5.74, 6) is -0.000517. The first kappa shape index (κ1) is 19.7. The predicted molar refractivity (Wildman–Crippen MR) is 103 cm³/mol. The van der Waals surface area contributed by atoms with Gasteiger partial charge in [-0.05, 0) is 23.8 Å². The molecule has 1 aliphatic heterocycles. The molecule has 0 bridgehead atoms.